The highest BCUT2D eigenvalue weighted by atomic mass is 16.5. The van der Waals surface area contributed by atoms with Crippen LogP contribution in [-0.4, -0.2) is 38.6 Å². The molecule has 0 radical (unpaired) electrons. The molecule has 2 aliphatic heterocycles. The van der Waals surface area contributed by atoms with Crippen molar-refractivity contribution in [3.8, 4) is 11.5 Å². The summed E-state index contributed by atoms with van der Waals surface area (Å²) in [6, 6.07) is 6.18. The van der Waals surface area contributed by atoms with Crippen LogP contribution in [0.4, 0.5) is 5.82 Å². The first-order valence-corrected chi connectivity index (χ1v) is 9.24. The van der Waals surface area contributed by atoms with Gasteiger partial charge in [0.2, 0.25) is 0 Å². The van der Waals surface area contributed by atoms with Gasteiger partial charge in [-0.3, -0.25) is 0 Å². The zero-order valence-electron chi connectivity index (χ0n) is 15.1. The number of aryl methyl sites for hydroxylation is 1. The molecule has 1 fully saturated rings. The van der Waals surface area contributed by atoms with E-state index in [2.05, 4.69) is 21.2 Å². The van der Waals surface area contributed by atoms with Crippen LogP contribution in [0.1, 0.15) is 48.3 Å². The number of phenols is 1. The van der Waals surface area contributed by atoms with Gasteiger partial charge in [0.25, 0.3) is 0 Å². The van der Waals surface area contributed by atoms with E-state index in [1.807, 2.05) is 19.9 Å². The van der Waals surface area contributed by atoms with Crippen molar-refractivity contribution in [3.05, 3.63) is 40.6 Å². The van der Waals surface area contributed by atoms with Crippen LogP contribution in [-0.2, 0) is 12.8 Å². The molecule has 2 aromatic rings. The molecule has 0 amide bonds. The Morgan fingerprint density at radius 3 is 2.81 bits per heavy atom. The molecule has 1 atom stereocenters. The molecule has 3 heterocycles. The summed E-state index contributed by atoms with van der Waals surface area (Å²) >= 11 is 0. The first kappa shape index (κ1) is 15.9. The van der Waals surface area contributed by atoms with Gasteiger partial charge in [0.15, 0.2) is 5.82 Å². The number of aromatic nitrogens is 2. The summed E-state index contributed by atoms with van der Waals surface area (Å²) in [5, 5.41) is 29.1. The van der Waals surface area contributed by atoms with Gasteiger partial charge in [-0.25, -0.2) is 0 Å². The summed E-state index contributed by atoms with van der Waals surface area (Å²) in [6.07, 6.45) is 2.93. The molecule has 0 saturated heterocycles. The van der Waals surface area contributed by atoms with E-state index in [4.69, 9.17) is 4.74 Å². The minimum atomic E-state index is -0.537. The lowest BCUT2D eigenvalue weighted by molar-refractivity contribution is -0.0307. The number of hydrogen-bond donors (Lipinski definition) is 2. The highest BCUT2D eigenvalue weighted by Crippen LogP contribution is 2.43. The summed E-state index contributed by atoms with van der Waals surface area (Å²) in [5.74, 6) is 1.98. The van der Waals surface area contributed by atoms with E-state index >= 15 is 0 Å². The predicted molar refractivity (Wildman–Crippen MR) is 96.6 cm³/mol. The van der Waals surface area contributed by atoms with Crippen molar-refractivity contribution in [3.63, 3.8) is 0 Å². The second-order valence-corrected chi connectivity index (χ2v) is 8.19. The van der Waals surface area contributed by atoms with Gasteiger partial charge in [0, 0.05) is 30.1 Å². The molecule has 0 spiro atoms. The molecular weight excluding hydrogens is 330 g/mol. The molecule has 1 aromatic carbocycles. The van der Waals surface area contributed by atoms with Gasteiger partial charge < -0.3 is 19.8 Å². The summed E-state index contributed by atoms with van der Waals surface area (Å²) in [5.41, 5.74) is 3.31. The Morgan fingerprint density at radius 2 is 2.04 bits per heavy atom. The Labute approximate surface area is 152 Å². The van der Waals surface area contributed by atoms with Gasteiger partial charge in [-0.05, 0) is 56.9 Å². The molecule has 136 valence electrons. The number of aromatic hydroxyl groups is 1. The van der Waals surface area contributed by atoms with Crippen molar-refractivity contribution < 1.29 is 14.9 Å². The van der Waals surface area contributed by atoms with Crippen LogP contribution in [0, 0.1) is 6.92 Å². The fourth-order valence-corrected chi connectivity index (χ4v) is 4.52. The van der Waals surface area contributed by atoms with E-state index in [1.54, 1.807) is 6.07 Å². The first-order valence-electron chi connectivity index (χ1n) is 9.24. The summed E-state index contributed by atoms with van der Waals surface area (Å²) in [7, 11) is 0. The highest BCUT2D eigenvalue weighted by Gasteiger charge is 2.44. The Kier molecular flexibility index (Phi) is 3.26. The molecule has 0 bridgehead atoms. The number of anilines is 1. The average Bonchev–Trinajstić information content (AvgIpc) is 3.15. The average molecular weight is 353 g/mol. The van der Waals surface area contributed by atoms with Gasteiger partial charge in [-0.15, -0.1) is 10.2 Å². The third-order valence-corrected chi connectivity index (χ3v) is 5.87. The smallest absolute Gasteiger partial charge is 0.154 e. The Balaban J connectivity index is 1.38. The number of fused-ring (bicyclic) bond motifs is 2. The van der Waals surface area contributed by atoms with Crippen molar-refractivity contribution in [2.24, 2.45) is 0 Å². The molecule has 6 nitrogen and oxygen atoms in total. The van der Waals surface area contributed by atoms with Gasteiger partial charge in [-0.2, -0.15) is 0 Å². The van der Waals surface area contributed by atoms with Crippen LogP contribution in [0.15, 0.2) is 18.2 Å². The minimum Gasteiger partial charge on any atom is -0.508 e. The third-order valence-electron chi connectivity index (χ3n) is 5.87. The SMILES string of the molecule is Cc1cc(O)c2c(c1)OC(c1cc3c(nn1)N(C1CC(C)(O)C1)CC3)C2. The molecule has 1 unspecified atom stereocenters. The third kappa shape index (κ3) is 2.43. The lowest BCUT2D eigenvalue weighted by Crippen LogP contribution is -2.53. The zero-order valence-corrected chi connectivity index (χ0v) is 15.1. The number of aliphatic hydroxyl groups is 1. The quantitative estimate of drug-likeness (QED) is 0.863. The van der Waals surface area contributed by atoms with Crippen LogP contribution < -0.4 is 9.64 Å². The molecule has 26 heavy (non-hydrogen) atoms. The van der Waals surface area contributed by atoms with Crippen LogP contribution in [0.3, 0.4) is 0 Å². The summed E-state index contributed by atoms with van der Waals surface area (Å²) in [4.78, 5) is 2.28. The number of benzene rings is 1. The van der Waals surface area contributed by atoms with Gasteiger partial charge >= 0.3 is 0 Å². The largest absolute Gasteiger partial charge is 0.508 e. The minimum absolute atomic E-state index is 0.200. The maximum atomic E-state index is 10.2. The second-order valence-electron chi connectivity index (χ2n) is 8.19. The maximum Gasteiger partial charge on any atom is 0.154 e. The zero-order chi connectivity index (χ0) is 18.1. The summed E-state index contributed by atoms with van der Waals surface area (Å²) in [6.45, 7) is 4.76. The van der Waals surface area contributed by atoms with Gasteiger partial charge in [0.1, 0.15) is 23.3 Å². The van der Waals surface area contributed by atoms with E-state index in [9.17, 15) is 10.2 Å². The van der Waals surface area contributed by atoms with E-state index in [1.165, 1.54) is 5.56 Å². The van der Waals surface area contributed by atoms with Crippen molar-refractivity contribution in [2.45, 2.75) is 57.3 Å². The molecule has 1 saturated carbocycles. The van der Waals surface area contributed by atoms with Crippen LogP contribution >= 0.6 is 0 Å². The number of ether oxygens (including phenoxy) is 1. The molecule has 3 aliphatic rings. The lowest BCUT2D eigenvalue weighted by Gasteiger charge is -2.46. The molecule has 6 heteroatoms. The van der Waals surface area contributed by atoms with E-state index in [0.717, 1.165) is 54.2 Å². The van der Waals surface area contributed by atoms with Crippen molar-refractivity contribution in [2.75, 3.05) is 11.4 Å². The molecule has 5 rings (SSSR count). The second kappa shape index (κ2) is 5.33. The normalized spacial score (nSPS) is 29.1. The number of nitrogens with zero attached hydrogens (tertiary/aromatic N) is 3. The summed E-state index contributed by atoms with van der Waals surface area (Å²) < 4.78 is 6.04. The van der Waals surface area contributed by atoms with E-state index < -0.39 is 5.60 Å². The van der Waals surface area contributed by atoms with E-state index in [-0.39, 0.29) is 6.10 Å². The topological polar surface area (TPSA) is 78.7 Å². The Hall–Kier alpha value is -2.34. The fraction of sp³-hybridized carbons (Fsp3) is 0.500. The molecule has 1 aliphatic carbocycles. The van der Waals surface area contributed by atoms with Crippen molar-refractivity contribution in [1.29, 1.82) is 0 Å². The maximum absolute atomic E-state index is 10.2. The standard InChI is InChI=1S/C20H23N3O3/c1-11-5-16(24)14-8-18(26-17(14)6-11)15-7-12-3-4-23(19(12)22-21-15)13-9-20(2,25)10-13/h5-7,13,18,24-25H,3-4,8-10H2,1-2H3. The van der Waals surface area contributed by atoms with Gasteiger partial charge in [0.05, 0.1) is 5.60 Å². The number of hydrogen-bond acceptors (Lipinski definition) is 6. The molecular formula is C20H23N3O3. The Morgan fingerprint density at radius 1 is 1.23 bits per heavy atom. The van der Waals surface area contributed by atoms with Gasteiger partial charge in [-0.1, -0.05) is 0 Å². The predicted octanol–water partition coefficient (Wildman–Crippen LogP) is 2.44. The fourth-order valence-electron chi connectivity index (χ4n) is 4.52. The van der Waals surface area contributed by atoms with Crippen LogP contribution in [0.5, 0.6) is 11.5 Å². The number of phenolic OH excluding ortho intramolecular Hbond substituents is 1. The molecule has 2 N–H and O–H groups in total. The highest BCUT2D eigenvalue weighted by molar-refractivity contribution is 5.54. The Bertz CT molecular complexity index is 888. The monoisotopic (exact) mass is 353 g/mol. The first-order chi connectivity index (χ1) is 12.4. The number of rotatable bonds is 2. The van der Waals surface area contributed by atoms with Crippen LogP contribution in [0.2, 0.25) is 0 Å². The van der Waals surface area contributed by atoms with Crippen molar-refractivity contribution >= 4 is 5.82 Å². The van der Waals surface area contributed by atoms with E-state index in [0.29, 0.717) is 18.2 Å². The lowest BCUT2D eigenvalue weighted by atomic mass is 9.76. The molecule has 1 aromatic heterocycles. The van der Waals surface area contributed by atoms with Crippen LogP contribution in [0.25, 0.3) is 0 Å². The van der Waals surface area contributed by atoms with Crippen molar-refractivity contribution in [1.82, 2.24) is 10.2 Å².